The predicted octanol–water partition coefficient (Wildman–Crippen LogP) is 3.57. The minimum atomic E-state index is -0.646. The highest BCUT2D eigenvalue weighted by Crippen LogP contribution is 2.31. The Balaban J connectivity index is 2.70. The van der Waals surface area contributed by atoms with Crippen LogP contribution < -0.4 is 0 Å². The molecule has 0 N–H and O–H groups in total. The standard InChI is InChI=1S/C14H14ClFN2O2/c1-8(2)13-11(15)12(14(19)20-3)17-18(13)10-7-5-4-6-9(10)16/h4-8H,1-3H3. The van der Waals surface area contributed by atoms with E-state index >= 15 is 0 Å². The van der Waals surface area contributed by atoms with Gasteiger partial charge in [-0.2, -0.15) is 5.10 Å². The minimum absolute atomic E-state index is 0.0129. The molecule has 0 bridgehead atoms. The zero-order chi connectivity index (χ0) is 14.9. The molecule has 0 radical (unpaired) electrons. The monoisotopic (exact) mass is 296 g/mol. The summed E-state index contributed by atoms with van der Waals surface area (Å²) in [6.45, 7) is 3.78. The van der Waals surface area contributed by atoms with Crippen LogP contribution in [0.4, 0.5) is 4.39 Å². The fourth-order valence-electron chi connectivity index (χ4n) is 1.94. The summed E-state index contributed by atoms with van der Waals surface area (Å²) in [6, 6.07) is 6.18. The van der Waals surface area contributed by atoms with Crippen molar-refractivity contribution in [2.45, 2.75) is 19.8 Å². The summed E-state index contributed by atoms with van der Waals surface area (Å²) in [6.07, 6.45) is 0. The molecule has 0 fully saturated rings. The topological polar surface area (TPSA) is 44.1 Å². The normalized spacial score (nSPS) is 10.9. The number of ether oxygens (including phenoxy) is 1. The number of carbonyl (C=O) groups is 1. The van der Waals surface area contributed by atoms with Crippen LogP contribution in [0, 0.1) is 5.82 Å². The van der Waals surface area contributed by atoms with Crippen molar-refractivity contribution in [1.29, 1.82) is 0 Å². The number of hydrogen-bond donors (Lipinski definition) is 0. The van der Waals surface area contributed by atoms with E-state index in [-0.39, 0.29) is 22.3 Å². The van der Waals surface area contributed by atoms with Crippen molar-refractivity contribution in [2.75, 3.05) is 7.11 Å². The SMILES string of the molecule is COC(=O)c1nn(-c2ccccc2F)c(C(C)C)c1Cl. The number of aromatic nitrogens is 2. The van der Waals surface area contributed by atoms with Crippen molar-refractivity contribution in [2.24, 2.45) is 0 Å². The lowest BCUT2D eigenvalue weighted by atomic mass is 10.1. The van der Waals surface area contributed by atoms with Crippen molar-refractivity contribution in [3.63, 3.8) is 0 Å². The Kier molecular flexibility index (Phi) is 4.09. The molecule has 0 aliphatic rings. The van der Waals surface area contributed by atoms with Crippen LogP contribution >= 0.6 is 11.6 Å². The molecule has 0 saturated carbocycles. The molecule has 0 unspecified atom stereocenters. The second kappa shape index (κ2) is 5.63. The molecule has 2 aromatic rings. The van der Waals surface area contributed by atoms with Crippen molar-refractivity contribution in [3.05, 3.63) is 46.5 Å². The molecule has 1 aromatic heterocycles. The fraction of sp³-hybridized carbons (Fsp3) is 0.286. The van der Waals surface area contributed by atoms with Gasteiger partial charge < -0.3 is 4.74 Å². The molecular formula is C14H14ClFN2O2. The van der Waals surface area contributed by atoms with Gasteiger partial charge in [0.15, 0.2) is 5.69 Å². The van der Waals surface area contributed by atoms with Crippen molar-refractivity contribution >= 4 is 17.6 Å². The summed E-state index contributed by atoms with van der Waals surface area (Å²) in [4.78, 5) is 11.7. The first-order chi connectivity index (χ1) is 9.47. The number of hydrogen-bond acceptors (Lipinski definition) is 3. The molecule has 1 aromatic carbocycles. The Bertz CT molecular complexity index is 653. The summed E-state index contributed by atoms with van der Waals surface area (Å²) in [5.74, 6) is -1.12. The van der Waals surface area contributed by atoms with Crippen LogP contribution in [-0.4, -0.2) is 22.9 Å². The first kappa shape index (κ1) is 14.5. The van der Waals surface area contributed by atoms with E-state index in [0.29, 0.717) is 5.69 Å². The molecule has 2 rings (SSSR count). The number of halogens is 2. The third-order valence-corrected chi connectivity index (χ3v) is 3.24. The number of esters is 1. The van der Waals surface area contributed by atoms with Gasteiger partial charge in [0.2, 0.25) is 0 Å². The maximum absolute atomic E-state index is 13.9. The van der Waals surface area contributed by atoms with Crippen LogP contribution in [0.25, 0.3) is 5.69 Å². The van der Waals surface area contributed by atoms with Crippen LogP contribution in [0.1, 0.15) is 35.9 Å². The molecule has 0 aliphatic carbocycles. The number of rotatable bonds is 3. The molecule has 1 heterocycles. The van der Waals surface area contributed by atoms with E-state index < -0.39 is 11.8 Å². The van der Waals surface area contributed by atoms with Gasteiger partial charge >= 0.3 is 5.97 Å². The van der Waals surface area contributed by atoms with Gasteiger partial charge in [-0.3, -0.25) is 0 Å². The quantitative estimate of drug-likeness (QED) is 0.813. The number of benzene rings is 1. The van der Waals surface area contributed by atoms with Crippen molar-refractivity contribution in [1.82, 2.24) is 9.78 Å². The fourth-order valence-corrected chi connectivity index (χ4v) is 2.36. The zero-order valence-corrected chi connectivity index (χ0v) is 12.1. The van der Waals surface area contributed by atoms with Gasteiger partial charge in [0.1, 0.15) is 11.5 Å². The summed E-state index contributed by atoms with van der Waals surface area (Å²) >= 11 is 6.19. The van der Waals surface area contributed by atoms with E-state index in [1.54, 1.807) is 18.2 Å². The lowest BCUT2D eigenvalue weighted by molar-refractivity contribution is 0.0593. The van der Waals surface area contributed by atoms with Gasteiger partial charge in [-0.15, -0.1) is 0 Å². The Morgan fingerprint density at radius 2 is 2.05 bits per heavy atom. The summed E-state index contributed by atoms with van der Waals surface area (Å²) in [5.41, 5.74) is 0.798. The van der Waals surface area contributed by atoms with E-state index in [2.05, 4.69) is 9.84 Å². The van der Waals surface area contributed by atoms with Gasteiger partial charge in [-0.05, 0) is 18.1 Å². The van der Waals surface area contributed by atoms with Crippen LogP contribution in [0.5, 0.6) is 0 Å². The molecular weight excluding hydrogens is 283 g/mol. The zero-order valence-electron chi connectivity index (χ0n) is 11.4. The Morgan fingerprint density at radius 1 is 1.40 bits per heavy atom. The molecule has 0 spiro atoms. The number of para-hydroxylation sites is 1. The highest BCUT2D eigenvalue weighted by molar-refractivity contribution is 6.34. The molecule has 0 amide bonds. The second-order valence-electron chi connectivity index (χ2n) is 4.56. The smallest absolute Gasteiger partial charge is 0.360 e. The van der Waals surface area contributed by atoms with Gasteiger partial charge in [-0.25, -0.2) is 13.9 Å². The highest BCUT2D eigenvalue weighted by atomic mass is 35.5. The van der Waals surface area contributed by atoms with E-state index in [4.69, 9.17) is 11.6 Å². The predicted molar refractivity (Wildman–Crippen MR) is 74.0 cm³/mol. The van der Waals surface area contributed by atoms with E-state index in [1.165, 1.54) is 17.9 Å². The van der Waals surface area contributed by atoms with Gasteiger partial charge in [0.05, 0.1) is 17.8 Å². The molecule has 6 heteroatoms. The van der Waals surface area contributed by atoms with Crippen LogP contribution in [0.15, 0.2) is 24.3 Å². The molecule has 0 saturated heterocycles. The van der Waals surface area contributed by atoms with Gasteiger partial charge in [0.25, 0.3) is 0 Å². The van der Waals surface area contributed by atoms with Crippen molar-refractivity contribution in [3.8, 4) is 5.69 Å². The molecule has 0 atom stereocenters. The Hall–Kier alpha value is -1.88. The summed E-state index contributed by atoms with van der Waals surface area (Å²) < 4.78 is 19.9. The minimum Gasteiger partial charge on any atom is -0.464 e. The first-order valence-electron chi connectivity index (χ1n) is 6.09. The van der Waals surface area contributed by atoms with Crippen molar-refractivity contribution < 1.29 is 13.9 Å². The van der Waals surface area contributed by atoms with Crippen LogP contribution in [0.2, 0.25) is 5.02 Å². The molecule has 4 nitrogen and oxygen atoms in total. The second-order valence-corrected chi connectivity index (χ2v) is 4.94. The summed E-state index contributed by atoms with van der Waals surface area (Å²) in [5, 5.41) is 4.29. The Morgan fingerprint density at radius 3 is 2.60 bits per heavy atom. The third kappa shape index (κ3) is 2.41. The van der Waals surface area contributed by atoms with Crippen LogP contribution in [0.3, 0.4) is 0 Å². The summed E-state index contributed by atoms with van der Waals surface area (Å²) in [7, 11) is 1.25. The van der Waals surface area contributed by atoms with Gasteiger partial charge in [-0.1, -0.05) is 37.6 Å². The molecule has 0 aliphatic heterocycles. The maximum atomic E-state index is 13.9. The number of carbonyl (C=O) groups excluding carboxylic acids is 1. The van der Waals surface area contributed by atoms with Crippen LogP contribution in [-0.2, 0) is 4.74 Å². The largest absolute Gasteiger partial charge is 0.464 e. The average Bonchev–Trinajstić information content (AvgIpc) is 2.76. The lowest BCUT2D eigenvalue weighted by Crippen LogP contribution is -2.07. The Labute approximate surface area is 121 Å². The molecule has 20 heavy (non-hydrogen) atoms. The lowest BCUT2D eigenvalue weighted by Gasteiger charge is -2.11. The van der Waals surface area contributed by atoms with E-state index in [9.17, 15) is 9.18 Å². The average molecular weight is 297 g/mol. The maximum Gasteiger partial charge on any atom is 0.360 e. The first-order valence-corrected chi connectivity index (χ1v) is 6.46. The number of methoxy groups -OCH3 is 1. The third-order valence-electron chi connectivity index (χ3n) is 2.87. The van der Waals surface area contributed by atoms with E-state index in [1.807, 2.05) is 13.8 Å². The number of nitrogens with zero attached hydrogens (tertiary/aromatic N) is 2. The highest BCUT2D eigenvalue weighted by Gasteiger charge is 2.25. The van der Waals surface area contributed by atoms with E-state index in [0.717, 1.165) is 0 Å². The van der Waals surface area contributed by atoms with Gasteiger partial charge in [0, 0.05) is 0 Å². The molecule has 106 valence electrons.